The van der Waals surface area contributed by atoms with Crippen molar-refractivity contribution in [3.8, 4) is 0 Å². The van der Waals surface area contributed by atoms with Gasteiger partial charge in [-0.25, -0.2) is 15.3 Å². The standard InChI is InChI=1S/C21H24N8O3/c1-26(16-7-18(25-32-3)24-22-8-16)10-15-11-28-9-14(13-4-5-13)6-17(20(28)23-15)29-12-19(30)27(2)21(29)31/h6-9,11,13H,4-5,10,12H2,1-3H3,(H,24,25). The highest BCUT2D eigenvalue weighted by Gasteiger charge is 2.36. The molecule has 3 amide bonds. The Morgan fingerprint density at radius 2 is 2.06 bits per heavy atom. The Balaban J connectivity index is 1.48. The van der Waals surface area contributed by atoms with Crippen LogP contribution >= 0.6 is 0 Å². The zero-order valence-electron chi connectivity index (χ0n) is 18.1. The van der Waals surface area contributed by atoms with E-state index in [0.717, 1.165) is 34.7 Å². The molecule has 0 bridgehead atoms. The maximum absolute atomic E-state index is 12.7. The Bertz CT molecular complexity index is 1200. The number of imidazole rings is 1. The Labute approximate surface area is 184 Å². The highest BCUT2D eigenvalue weighted by molar-refractivity contribution is 6.13. The number of aromatic nitrogens is 4. The predicted molar refractivity (Wildman–Crippen MR) is 117 cm³/mol. The highest BCUT2D eigenvalue weighted by Crippen LogP contribution is 2.42. The molecule has 11 heteroatoms. The minimum absolute atomic E-state index is 0.0270. The van der Waals surface area contributed by atoms with E-state index in [0.29, 0.717) is 29.6 Å². The van der Waals surface area contributed by atoms with Crippen molar-refractivity contribution in [3.63, 3.8) is 0 Å². The maximum atomic E-state index is 12.7. The normalized spacial score (nSPS) is 16.3. The van der Waals surface area contributed by atoms with Gasteiger partial charge in [0.2, 0.25) is 5.91 Å². The van der Waals surface area contributed by atoms with Gasteiger partial charge in [-0.1, -0.05) is 0 Å². The molecule has 1 aliphatic carbocycles. The monoisotopic (exact) mass is 436 g/mol. The number of nitrogens with one attached hydrogen (secondary N) is 1. The van der Waals surface area contributed by atoms with Crippen LogP contribution in [0.4, 0.5) is 22.0 Å². The number of likely N-dealkylation sites (N-methyl/N-ethyl adjacent to an activating group) is 1. The third-order valence-corrected chi connectivity index (χ3v) is 5.81. The van der Waals surface area contributed by atoms with Crippen molar-refractivity contribution in [1.82, 2.24) is 24.5 Å². The van der Waals surface area contributed by atoms with Gasteiger partial charge in [0, 0.05) is 32.6 Å². The van der Waals surface area contributed by atoms with Gasteiger partial charge in [0.05, 0.1) is 36.9 Å². The summed E-state index contributed by atoms with van der Waals surface area (Å²) >= 11 is 0. The number of urea groups is 1. The van der Waals surface area contributed by atoms with E-state index in [2.05, 4.69) is 21.9 Å². The molecule has 1 N–H and O–H groups in total. The summed E-state index contributed by atoms with van der Waals surface area (Å²) in [5, 5.41) is 7.95. The molecule has 2 fully saturated rings. The number of imide groups is 1. The van der Waals surface area contributed by atoms with Gasteiger partial charge < -0.3 is 9.30 Å². The van der Waals surface area contributed by atoms with Crippen LogP contribution in [0.15, 0.2) is 30.7 Å². The maximum Gasteiger partial charge on any atom is 0.331 e. The first-order valence-corrected chi connectivity index (χ1v) is 10.4. The Morgan fingerprint density at radius 3 is 2.75 bits per heavy atom. The van der Waals surface area contributed by atoms with Crippen molar-refractivity contribution in [1.29, 1.82) is 0 Å². The molecule has 1 saturated carbocycles. The molecule has 0 aromatic carbocycles. The van der Waals surface area contributed by atoms with Crippen molar-refractivity contribution in [2.45, 2.75) is 25.3 Å². The predicted octanol–water partition coefficient (Wildman–Crippen LogP) is 2.01. The van der Waals surface area contributed by atoms with Gasteiger partial charge >= 0.3 is 6.03 Å². The van der Waals surface area contributed by atoms with Crippen molar-refractivity contribution in [2.24, 2.45) is 0 Å². The molecule has 32 heavy (non-hydrogen) atoms. The van der Waals surface area contributed by atoms with Crippen molar-refractivity contribution in [3.05, 3.63) is 42.0 Å². The minimum atomic E-state index is -0.326. The Hall–Kier alpha value is -3.73. The van der Waals surface area contributed by atoms with E-state index in [4.69, 9.17) is 9.82 Å². The molecule has 0 atom stereocenters. The number of fused-ring (bicyclic) bond motifs is 1. The molecular formula is C21H24N8O3. The Kier molecular flexibility index (Phi) is 4.89. The number of pyridine rings is 1. The first kappa shape index (κ1) is 20.2. The second kappa shape index (κ2) is 7.75. The number of carbonyl (C=O) groups is 2. The molecule has 11 nitrogen and oxygen atoms in total. The van der Waals surface area contributed by atoms with Crippen LogP contribution in [0.3, 0.4) is 0 Å². The second-order valence-corrected chi connectivity index (χ2v) is 8.18. The quantitative estimate of drug-likeness (QED) is 0.443. The average Bonchev–Trinajstić information content (AvgIpc) is 3.51. The lowest BCUT2D eigenvalue weighted by molar-refractivity contribution is -0.123. The zero-order valence-corrected chi connectivity index (χ0v) is 18.1. The molecule has 1 aliphatic heterocycles. The van der Waals surface area contributed by atoms with Crippen LogP contribution in [0.25, 0.3) is 5.65 Å². The minimum Gasteiger partial charge on any atom is -0.367 e. The molecule has 2 aliphatic rings. The van der Waals surface area contributed by atoms with Crippen LogP contribution in [0.1, 0.15) is 30.0 Å². The first-order valence-electron chi connectivity index (χ1n) is 10.4. The first-order chi connectivity index (χ1) is 15.4. The fraction of sp³-hybridized carbons (Fsp3) is 0.381. The summed E-state index contributed by atoms with van der Waals surface area (Å²) in [5.74, 6) is 0.777. The lowest BCUT2D eigenvalue weighted by Crippen LogP contribution is -2.30. The van der Waals surface area contributed by atoms with Gasteiger partial charge in [0.1, 0.15) is 6.54 Å². The molecule has 0 spiro atoms. The largest absolute Gasteiger partial charge is 0.367 e. The molecule has 3 aromatic heterocycles. The molecule has 1 saturated heterocycles. The summed E-state index contributed by atoms with van der Waals surface area (Å²) < 4.78 is 1.96. The highest BCUT2D eigenvalue weighted by atomic mass is 16.6. The number of anilines is 3. The van der Waals surface area contributed by atoms with Crippen LogP contribution in [-0.2, 0) is 16.2 Å². The molecule has 0 radical (unpaired) electrons. The summed E-state index contributed by atoms with van der Waals surface area (Å²) in [7, 11) is 4.96. The summed E-state index contributed by atoms with van der Waals surface area (Å²) in [6.45, 7) is 0.546. The van der Waals surface area contributed by atoms with Gasteiger partial charge in [0.15, 0.2) is 11.5 Å². The van der Waals surface area contributed by atoms with Gasteiger partial charge in [0.25, 0.3) is 0 Å². The van der Waals surface area contributed by atoms with Gasteiger partial charge in [-0.3, -0.25) is 19.4 Å². The smallest absolute Gasteiger partial charge is 0.331 e. The van der Waals surface area contributed by atoms with E-state index >= 15 is 0 Å². The van der Waals surface area contributed by atoms with Gasteiger partial charge in [-0.15, -0.1) is 5.10 Å². The van der Waals surface area contributed by atoms with E-state index in [9.17, 15) is 9.59 Å². The molecule has 166 valence electrons. The SMILES string of the molecule is CONc1cc(N(C)Cc2cn3cc(C4CC4)cc(N4CC(=O)N(C)C4=O)c3n2)cnn1. The summed E-state index contributed by atoms with van der Waals surface area (Å²) in [6, 6.07) is 3.51. The third kappa shape index (κ3) is 3.60. The number of carbonyl (C=O) groups excluding carboxylic acids is 2. The van der Waals surface area contributed by atoms with Crippen molar-refractivity contribution < 1.29 is 14.4 Å². The van der Waals surface area contributed by atoms with E-state index in [1.54, 1.807) is 6.20 Å². The van der Waals surface area contributed by atoms with E-state index in [-0.39, 0.29) is 18.5 Å². The number of rotatable bonds is 7. The number of hydrogen-bond acceptors (Lipinski definition) is 8. The van der Waals surface area contributed by atoms with E-state index < -0.39 is 0 Å². The van der Waals surface area contributed by atoms with Crippen LogP contribution in [-0.4, -0.2) is 64.2 Å². The molecule has 5 rings (SSSR count). The average molecular weight is 436 g/mol. The zero-order chi connectivity index (χ0) is 22.4. The number of nitrogens with zero attached hydrogens (tertiary/aromatic N) is 7. The topological polar surface area (TPSA) is 108 Å². The van der Waals surface area contributed by atoms with Crippen molar-refractivity contribution >= 4 is 34.8 Å². The van der Waals surface area contributed by atoms with Gasteiger partial charge in [-0.2, -0.15) is 5.10 Å². The molecule has 0 unspecified atom stereocenters. The van der Waals surface area contributed by atoms with Crippen LogP contribution in [0, 0.1) is 0 Å². The van der Waals surface area contributed by atoms with E-state index in [1.807, 2.05) is 34.7 Å². The lowest BCUT2D eigenvalue weighted by Gasteiger charge is -2.18. The van der Waals surface area contributed by atoms with Crippen LogP contribution in [0.2, 0.25) is 0 Å². The second-order valence-electron chi connectivity index (χ2n) is 8.18. The fourth-order valence-electron chi connectivity index (χ4n) is 3.91. The van der Waals surface area contributed by atoms with Crippen molar-refractivity contribution in [2.75, 3.05) is 43.0 Å². The number of amides is 3. The number of hydrogen-bond donors (Lipinski definition) is 1. The summed E-state index contributed by atoms with van der Waals surface area (Å²) in [4.78, 5) is 39.2. The summed E-state index contributed by atoms with van der Waals surface area (Å²) in [6.07, 6.45) is 7.98. The molecular weight excluding hydrogens is 412 g/mol. The van der Waals surface area contributed by atoms with Gasteiger partial charge in [-0.05, 0) is 30.4 Å². The third-order valence-electron chi connectivity index (χ3n) is 5.81. The Morgan fingerprint density at radius 1 is 1.25 bits per heavy atom. The van der Waals surface area contributed by atoms with E-state index in [1.165, 1.54) is 19.1 Å². The fourth-order valence-corrected chi connectivity index (χ4v) is 3.91. The summed E-state index contributed by atoms with van der Waals surface area (Å²) in [5.41, 5.74) is 6.83. The van der Waals surface area contributed by atoms with Crippen LogP contribution < -0.4 is 15.3 Å². The molecule has 3 aromatic rings. The molecule has 4 heterocycles. The lowest BCUT2D eigenvalue weighted by atomic mass is 10.1. The van der Waals surface area contributed by atoms with Crippen LogP contribution in [0.5, 0.6) is 0 Å².